The van der Waals surface area contributed by atoms with E-state index in [0.717, 1.165) is 0 Å². The topological polar surface area (TPSA) is 95.6 Å². The van der Waals surface area contributed by atoms with Gasteiger partial charge < -0.3 is 21.3 Å². The molecule has 5 N–H and O–H groups in total. The molecule has 0 amide bonds. The lowest BCUT2D eigenvalue weighted by molar-refractivity contribution is 0.0698. The maximum Gasteiger partial charge on any atom is 0.337 e. The van der Waals surface area contributed by atoms with Crippen LogP contribution in [0, 0.1) is 12.3 Å². The van der Waals surface area contributed by atoms with E-state index < -0.39 is 12.1 Å². The molecular formula is C15H24N2O3. The van der Waals surface area contributed by atoms with Gasteiger partial charge in [0.15, 0.2) is 0 Å². The minimum Gasteiger partial charge on any atom is -0.478 e. The zero-order valence-corrected chi connectivity index (χ0v) is 12.5. The van der Waals surface area contributed by atoms with Gasteiger partial charge in [-0.15, -0.1) is 0 Å². The predicted octanol–water partition coefficient (Wildman–Crippen LogP) is 2.48. The van der Waals surface area contributed by atoms with Crippen LogP contribution in [0.25, 0.3) is 0 Å². The molecule has 1 unspecified atom stereocenters. The van der Waals surface area contributed by atoms with Gasteiger partial charge in [-0.2, -0.15) is 0 Å². The smallest absolute Gasteiger partial charge is 0.337 e. The largest absolute Gasteiger partial charge is 0.478 e. The third kappa shape index (κ3) is 4.74. The zero-order chi connectivity index (χ0) is 15.5. The van der Waals surface area contributed by atoms with Gasteiger partial charge in [-0.3, -0.25) is 0 Å². The summed E-state index contributed by atoms with van der Waals surface area (Å²) in [5, 5.41) is 22.1. The van der Waals surface area contributed by atoms with E-state index in [0.29, 0.717) is 24.2 Å². The van der Waals surface area contributed by atoms with Gasteiger partial charge in [0.25, 0.3) is 0 Å². The van der Waals surface area contributed by atoms with E-state index in [-0.39, 0.29) is 16.7 Å². The first kappa shape index (κ1) is 16.3. The lowest BCUT2D eigenvalue weighted by atomic mass is 9.89. The van der Waals surface area contributed by atoms with Crippen molar-refractivity contribution < 1.29 is 15.0 Å². The quantitative estimate of drug-likeness (QED) is 0.621. The fraction of sp³-hybridized carbons (Fsp3) is 0.533. The van der Waals surface area contributed by atoms with Crippen LogP contribution in [0.15, 0.2) is 12.1 Å². The third-order valence-corrected chi connectivity index (χ3v) is 3.01. The van der Waals surface area contributed by atoms with Crippen molar-refractivity contribution in [2.45, 2.75) is 40.2 Å². The van der Waals surface area contributed by atoms with Gasteiger partial charge in [0.1, 0.15) is 0 Å². The third-order valence-electron chi connectivity index (χ3n) is 3.01. The lowest BCUT2D eigenvalue weighted by Gasteiger charge is -2.23. The summed E-state index contributed by atoms with van der Waals surface area (Å²) in [5.74, 6) is -1.05. The second kappa shape index (κ2) is 6.13. The molecule has 1 atom stereocenters. The first-order valence-electron chi connectivity index (χ1n) is 6.65. The van der Waals surface area contributed by atoms with Crippen LogP contribution < -0.4 is 11.1 Å². The number of nitrogens with one attached hydrogen (secondary N) is 1. The molecule has 0 aliphatic heterocycles. The van der Waals surface area contributed by atoms with E-state index in [4.69, 9.17) is 10.8 Å². The van der Waals surface area contributed by atoms with Gasteiger partial charge in [-0.1, -0.05) is 20.8 Å². The Morgan fingerprint density at radius 3 is 2.50 bits per heavy atom. The summed E-state index contributed by atoms with van der Waals surface area (Å²) in [6, 6.07) is 3.28. The summed E-state index contributed by atoms with van der Waals surface area (Å²) in [5.41, 5.74) is 7.50. The van der Waals surface area contributed by atoms with Gasteiger partial charge in [-0.05, 0) is 36.5 Å². The normalized spacial score (nSPS) is 13.1. The van der Waals surface area contributed by atoms with Gasteiger partial charge >= 0.3 is 5.97 Å². The van der Waals surface area contributed by atoms with Crippen molar-refractivity contribution in [1.82, 2.24) is 0 Å². The molecule has 0 fully saturated rings. The Morgan fingerprint density at radius 1 is 1.40 bits per heavy atom. The van der Waals surface area contributed by atoms with E-state index in [2.05, 4.69) is 26.1 Å². The SMILES string of the molecule is Cc1cc(NCC(O)CC(C)(C)C)cc(C(=O)O)c1N. The molecule has 20 heavy (non-hydrogen) atoms. The highest BCUT2D eigenvalue weighted by molar-refractivity contribution is 5.95. The van der Waals surface area contributed by atoms with Crippen molar-refractivity contribution in [2.75, 3.05) is 17.6 Å². The number of benzene rings is 1. The van der Waals surface area contributed by atoms with Gasteiger partial charge in [0.05, 0.1) is 11.7 Å². The monoisotopic (exact) mass is 280 g/mol. The molecule has 0 aliphatic rings. The molecule has 0 aliphatic carbocycles. The Labute approximate surface area is 119 Å². The van der Waals surface area contributed by atoms with Crippen LogP contribution >= 0.6 is 0 Å². The second-order valence-corrected chi connectivity index (χ2v) is 6.36. The number of nitrogens with two attached hydrogens (primary N) is 1. The van der Waals surface area contributed by atoms with Crippen LogP contribution in [0.5, 0.6) is 0 Å². The van der Waals surface area contributed by atoms with Crippen molar-refractivity contribution in [3.8, 4) is 0 Å². The minimum absolute atomic E-state index is 0.0460. The molecule has 1 aromatic carbocycles. The molecule has 0 aromatic heterocycles. The van der Waals surface area contributed by atoms with Crippen molar-refractivity contribution in [3.63, 3.8) is 0 Å². The van der Waals surface area contributed by atoms with E-state index in [1.807, 2.05) is 0 Å². The number of aromatic carboxylic acids is 1. The first-order valence-corrected chi connectivity index (χ1v) is 6.65. The van der Waals surface area contributed by atoms with Gasteiger partial charge in [0, 0.05) is 17.9 Å². The second-order valence-electron chi connectivity index (χ2n) is 6.36. The number of aliphatic hydroxyl groups is 1. The first-order chi connectivity index (χ1) is 9.10. The van der Waals surface area contributed by atoms with E-state index in [1.54, 1.807) is 13.0 Å². The molecule has 0 bridgehead atoms. The molecule has 0 radical (unpaired) electrons. The lowest BCUT2D eigenvalue weighted by Crippen LogP contribution is -2.25. The summed E-state index contributed by atoms with van der Waals surface area (Å²) < 4.78 is 0. The molecule has 0 saturated carbocycles. The molecule has 1 rings (SSSR count). The number of hydrogen-bond acceptors (Lipinski definition) is 4. The number of anilines is 2. The molecule has 5 heteroatoms. The van der Waals surface area contributed by atoms with Crippen LogP contribution in [0.4, 0.5) is 11.4 Å². The fourth-order valence-corrected chi connectivity index (χ4v) is 2.09. The Morgan fingerprint density at radius 2 is 2.00 bits per heavy atom. The van der Waals surface area contributed by atoms with Crippen LogP contribution in [0.2, 0.25) is 0 Å². The Hall–Kier alpha value is -1.75. The van der Waals surface area contributed by atoms with Gasteiger partial charge in [-0.25, -0.2) is 4.79 Å². The molecule has 1 aromatic rings. The zero-order valence-electron chi connectivity index (χ0n) is 12.5. The number of carbonyl (C=O) groups is 1. The maximum atomic E-state index is 11.1. The Balaban J connectivity index is 2.76. The summed E-state index contributed by atoms with van der Waals surface area (Å²) in [4.78, 5) is 11.1. The summed E-state index contributed by atoms with van der Waals surface area (Å²) in [6.45, 7) is 8.32. The predicted molar refractivity (Wildman–Crippen MR) is 81.1 cm³/mol. The molecule has 0 saturated heterocycles. The number of aliphatic hydroxyl groups excluding tert-OH is 1. The van der Waals surface area contributed by atoms with Crippen molar-refractivity contribution >= 4 is 17.3 Å². The molecule has 112 valence electrons. The van der Waals surface area contributed by atoms with Crippen molar-refractivity contribution in [3.05, 3.63) is 23.3 Å². The minimum atomic E-state index is -1.05. The molecule has 5 nitrogen and oxygen atoms in total. The number of rotatable bonds is 5. The Bertz CT molecular complexity index is 493. The summed E-state index contributed by atoms with van der Waals surface area (Å²) >= 11 is 0. The van der Waals surface area contributed by atoms with E-state index in [1.165, 1.54) is 6.07 Å². The standard InChI is InChI=1S/C15H24N2O3/c1-9-5-10(6-12(13(9)16)14(19)20)17-8-11(18)7-15(2,3)4/h5-6,11,17-18H,7-8,16H2,1-4H3,(H,19,20). The highest BCUT2D eigenvalue weighted by Crippen LogP contribution is 2.24. The number of hydrogen-bond donors (Lipinski definition) is 4. The average Bonchev–Trinajstić information content (AvgIpc) is 2.27. The number of carboxylic acid groups (broad SMARTS) is 1. The van der Waals surface area contributed by atoms with E-state index in [9.17, 15) is 9.90 Å². The van der Waals surface area contributed by atoms with Crippen LogP contribution in [-0.4, -0.2) is 28.8 Å². The number of aryl methyl sites for hydroxylation is 1. The summed E-state index contributed by atoms with van der Waals surface area (Å²) in [7, 11) is 0. The average molecular weight is 280 g/mol. The summed E-state index contributed by atoms with van der Waals surface area (Å²) in [6.07, 6.45) is 0.181. The van der Waals surface area contributed by atoms with Gasteiger partial charge in [0.2, 0.25) is 0 Å². The molecule has 0 spiro atoms. The molecular weight excluding hydrogens is 256 g/mol. The Kier molecular flexibility index (Phi) is 5.00. The van der Waals surface area contributed by atoms with Crippen LogP contribution in [0.3, 0.4) is 0 Å². The van der Waals surface area contributed by atoms with Crippen LogP contribution in [-0.2, 0) is 0 Å². The van der Waals surface area contributed by atoms with E-state index >= 15 is 0 Å². The van der Waals surface area contributed by atoms with Crippen molar-refractivity contribution in [1.29, 1.82) is 0 Å². The van der Waals surface area contributed by atoms with Crippen LogP contribution in [0.1, 0.15) is 43.1 Å². The fourth-order valence-electron chi connectivity index (χ4n) is 2.09. The number of nitrogen functional groups attached to an aromatic ring is 1. The molecule has 0 heterocycles. The highest BCUT2D eigenvalue weighted by atomic mass is 16.4. The van der Waals surface area contributed by atoms with Crippen molar-refractivity contribution in [2.24, 2.45) is 5.41 Å². The maximum absolute atomic E-state index is 11.1. The number of carboxylic acids is 1. The highest BCUT2D eigenvalue weighted by Gasteiger charge is 2.17.